The van der Waals surface area contributed by atoms with Crippen molar-refractivity contribution < 1.29 is 18.0 Å². The van der Waals surface area contributed by atoms with Gasteiger partial charge in [-0.05, 0) is 86.9 Å². The first kappa shape index (κ1) is 24.7. The number of benzene rings is 3. The number of alkyl halides is 3. The lowest BCUT2D eigenvalue weighted by atomic mass is 9.63. The molecule has 38 heavy (non-hydrogen) atoms. The van der Waals surface area contributed by atoms with Crippen LogP contribution >= 0.6 is 0 Å². The van der Waals surface area contributed by atoms with Crippen molar-refractivity contribution in [2.24, 2.45) is 16.4 Å². The first-order valence-corrected chi connectivity index (χ1v) is 13.1. The van der Waals surface area contributed by atoms with Gasteiger partial charge in [-0.3, -0.25) is 4.79 Å². The molecule has 3 atom stereocenters. The molecule has 3 unspecified atom stereocenters. The van der Waals surface area contributed by atoms with E-state index in [2.05, 4.69) is 17.0 Å². The summed E-state index contributed by atoms with van der Waals surface area (Å²) in [5, 5.41) is 6.21. The highest BCUT2D eigenvalue weighted by Gasteiger charge is 2.60. The Kier molecular flexibility index (Phi) is 5.85. The minimum absolute atomic E-state index is 0.155. The highest BCUT2D eigenvalue weighted by Crippen LogP contribution is 2.51. The van der Waals surface area contributed by atoms with Crippen LogP contribution in [0.25, 0.3) is 0 Å². The Morgan fingerprint density at radius 1 is 1.00 bits per heavy atom. The molecule has 0 radical (unpaired) electrons. The minimum Gasteiger partial charge on any atom is -0.367 e. The van der Waals surface area contributed by atoms with Crippen molar-refractivity contribution in [1.29, 1.82) is 0 Å². The monoisotopic (exact) mass is 517 g/mol. The van der Waals surface area contributed by atoms with Crippen molar-refractivity contribution in [2.75, 3.05) is 16.5 Å². The fourth-order valence-electron chi connectivity index (χ4n) is 6.61. The van der Waals surface area contributed by atoms with Crippen molar-refractivity contribution in [3.8, 4) is 0 Å². The fourth-order valence-corrected chi connectivity index (χ4v) is 6.61. The van der Waals surface area contributed by atoms with Crippen LogP contribution in [-0.4, -0.2) is 24.2 Å². The van der Waals surface area contributed by atoms with Gasteiger partial charge in [0, 0.05) is 18.3 Å². The van der Waals surface area contributed by atoms with E-state index in [-0.39, 0.29) is 18.4 Å². The number of aryl methyl sites for hydroxylation is 1. The average Bonchev–Trinajstić information content (AvgIpc) is 3.14. The lowest BCUT2D eigenvalue weighted by Gasteiger charge is -2.52. The summed E-state index contributed by atoms with van der Waals surface area (Å²) in [7, 11) is 0. The molecule has 0 aromatic heterocycles. The number of hydrogen-bond acceptors (Lipinski definition) is 3. The van der Waals surface area contributed by atoms with E-state index < -0.39 is 17.2 Å². The van der Waals surface area contributed by atoms with E-state index in [0.29, 0.717) is 29.4 Å². The Morgan fingerprint density at radius 3 is 2.45 bits per heavy atom. The van der Waals surface area contributed by atoms with Gasteiger partial charge in [-0.1, -0.05) is 48.0 Å². The summed E-state index contributed by atoms with van der Waals surface area (Å²) >= 11 is 0. The molecule has 1 saturated heterocycles. The Bertz CT molecular complexity index is 1400. The number of carbonyl (C=O) groups is 1. The van der Waals surface area contributed by atoms with E-state index in [1.807, 2.05) is 56.3 Å². The zero-order valence-corrected chi connectivity index (χ0v) is 21.5. The smallest absolute Gasteiger partial charge is 0.367 e. The predicted octanol–water partition coefficient (Wildman–Crippen LogP) is 6.81. The third-order valence-corrected chi connectivity index (χ3v) is 8.58. The van der Waals surface area contributed by atoms with Crippen LogP contribution in [0.5, 0.6) is 0 Å². The SMILES string of the molecule is CC1=NN(c2ccc(C)cc2)C(=O)C12Cc1cc(C(F)(F)F)ccc1N1CCC(Cc3ccccc3)CC12. The average molecular weight is 518 g/mol. The Labute approximate surface area is 220 Å². The largest absolute Gasteiger partial charge is 0.416 e. The maximum Gasteiger partial charge on any atom is 0.416 e. The Morgan fingerprint density at radius 2 is 1.74 bits per heavy atom. The van der Waals surface area contributed by atoms with Gasteiger partial charge in [0.25, 0.3) is 5.91 Å². The standard InChI is InChI=1S/C31H30F3N3O/c1-20-8-11-26(12-9-20)37-29(38)30(21(2)35-37)19-24-18-25(31(32,33)34)10-13-27(24)36-15-14-23(17-28(30)36)16-22-6-4-3-5-7-22/h3-13,18,23,28H,14-17,19H2,1-2H3. The van der Waals surface area contributed by atoms with Gasteiger partial charge in [-0.2, -0.15) is 23.3 Å². The van der Waals surface area contributed by atoms with Crippen molar-refractivity contribution in [2.45, 2.75) is 51.7 Å². The second-order valence-electron chi connectivity index (χ2n) is 10.9. The van der Waals surface area contributed by atoms with Crippen LogP contribution in [0.3, 0.4) is 0 Å². The van der Waals surface area contributed by atoms with Gasteiger partial charge in [-0.15, -0.1) is 0 Å². The molecule has 0 saturated carbocycles. The molecule has 3 aliphatic heterocycles. The van der Waals surface area contributed by atoms with Crippen LogP contribution in [0.15, 0.2) is 77.9 Å². The molecule has 3 aromatic rings. The Hall–Kier alpha value is -3.61. The number of carbonyl (C=O) groups excluding carboxylic acids is 1. The third-order valence-electron chi connectivity index (χ3n) is 8.58. The van der Waals surface area contributed by atoms with E-state index in [1.54, 1.807) is 6.07 Å². The first-order valence-electron chi connectivity index (χ1n) is 13.1. The van der Waals surface area contributed by atoms with Crippen molar-refractivity contribution in [1.82, 2.24) is 0 Å². The first-order chi connectivity index (χ1) is 18.2. The summed E-state index contributed by atoms with van der Waals surface area (Å²) in [6.45, 7) is 4.53. The van der Waals surface area contributed by atoms with E-state index in [4.69, 9.17) is 5.10 Å². The topological polar surface area (TPSA) is 35.9 Å². The number of hydrazone groups is 1. The second-order valence-corrected chi connectivity index (χ2v) is 10.9. The molecular weight excluding hydrogens is 487 g/mol. The summed E-state index contributed by atoms with van der Waals surface area (Å²) in [6, 6.07) is 21.8. The van der Waals surface area contributed by atoms with Gasteiger partial charge in [0.2, 0.25) is 0 Å². The quantitative estimate of drug-likeness (QED) is 0.383. The van der Waals surface area contributed by atoms with E-state index in [9.17, 15) is 18.0 Å². The summed E-state index contributed by atoms with van der Waals surface area (Å²) in [5.74, 6) is 0.206. The highest BCUT2D eigenvalue weighted by atomic mass is 19.4. The molecule has 0 aliphatic carbocycles. The third kappa shape index (κ3) is 3.99. The van der Waals surface area contributed by atoms with Gasteiger partial charge in [0.05, 0.1) is 17.0 Å². The zero-order valence-electron chi connectivity index (χ0n) is 21.5. The number of halogens is 3. The van der Waals surface area contributed by atoms with Crippen LogP contribution in [0.2, 0.25) is 0 Å². The minimum atomic E-state index is -4.45. The van der Waals surface area contributed by atoms with Gasteiger partial charge in [0.1, 0.15) is 5.41 Å². The van der Waals surface area contributed by atoms with Gasteiger partial charge >= 0.3 is 6.18 Å². The number of anilines is 2. The second kappa shape index (κ2) is 9.00. The van der Waals surface area contributed by atoms with Gasteiger partial charge < -0.3 is 4.90 Å². The van der Waals surface area contributed by atoms with E-state index in [1.165, 1.54) is 22.7 Å². The number of hydrogen-bond donors (Lipinski definition) is 0. The molecule has 3 heterocycles. The lowest BCUT2D eigenvalue weighted by molar-refractivity contribution is -0.137. The molecule has 196 valence electrons. The van der Waals surface area contributed by atoms with Crippen LogP contribution in [0, 0.1) is 18.3 Å². The molecular formula is C31H30F3N3O. The van der Waals surface area contributed by atoms with E-state index in [0.717, 1.165) is 30.5 Å². The number of nitrogens with zero attached hydrogens (tertiary/aromatic N) is 3. The van der Waals surface area contributed by atoms with Gasteiger partial charge in [0.15, 0.2) is 0 Å². The lowest BCUT2D eigenvalue weighted by Crippen LogP contribution is -2.62. The molecule has 0 bridgehead atoms. The molecule has 4 nitrogen and oxygen atoms in total. The molecule has 6 rings (SSSR count). The normalized spacial score (nSPS) is 24.9. The zero-order chi connectivity index (χ0) is 26.7. The van der Waals surface area contributed by atoms with Gasteiger partial charge in [-0.25, -0.2) is 0 Å². The van der Waals surface area contributed by atoms with Crippen molar-refractivity contribution in [3.63, 3.8) is 0 Å². The molecule has 3 aromatic carbocycles. The number of rotatable bonds is 3. The summed E-state index contributed by atoms with van der Waals surface area (Å²) in [6.07, 6.45) is -1.64. The molecule has 1 fully saturated rings. The fraction of sp³-hybridized carbons (Fsp3) is 0.355. The van der Waals surface area contributed by atoms with Crippen LogP contribution in [0.1, 0.15) is 42.0 Å². The molecule has 7 heteroatoms. The van der Waals surface area contributed by atoms with Crippen molar-refractivity contribution in [3.05, 3.63) is 95.1 Å². The van der Waals surface area contributed by atoms with Crippen LogP contribution < -0.4 is 9.91 Å². The van der Waals surface area contributed by atoms with Crippen LogP contribution in [0.4, 0.5) is 24.5 Å². The maximum atomic E-state index is 14.4. The van der Waals surface area contributed by atoms with Crippen LogP contribution in [-0.2, 0) is 23.8 Å². The molecule has 1 amide bonds. The van der Waals surface area contributed by atoms with Crippen molar-refractivity contribution >= 4 is 23.0 Å². The highest BCUT2D eigenvalue weighted by molar-refractivity contribution is 6.20. The Balaban J connectivity index is 1.43. The summed E-state index contributed by atoms with van der Waals surface area (Å²) < 4.78 is 41.0. The number of piperidine rings is 1. The summed E-state index contributed by atoms with van der Waals surface area (Å²) in [5.41, 5.74) is 3.35. The molecule has 1 spiro atoms. The molecule has 0 N–H and O–H groups in total. The maximum absolute atomic E-state index is 14.4. The summed E-state index contributed by atoms with van der Waals surface area (Å²) in [4.78, 5) is 16.5. The number of amides is 1. The van der Waals surface area contributed by atoms with E-state index >= 15 is 0 Å². The predicted molar refractivity (Wildman–Crippen MR) is 143 cm³/mol. The molecule has 3 aliphatic rings. The number of fused-ring (bicyclic) bond motifs is 4.